The van der Waals surface area contributed by atoms with E-state index in [0.717, 1.165) is 0 Å². The Kier molecular flexibility index (Phi) is 4.70. The highest BCUT2D eigenvalue weighted by Gasteiger charge is 2.43. The van der Waals surface area contributed by atoms with Crippen LogP contribution in [0.3, 0.4) is 0 Å². The van der Waals surface area contributed by atoms with Gasteiger partial charge in [-0.3, -0.25) is 4.79 Å². The van der Waals surface area contributed by atoms with E-state index in [1.54, 1.807) is 36.4 Å². The van der Waals surface area contributed by atoms with Crippen LogP contribution in [0, 0.1) is 0 Å². The fourth-order valence-corrected chi connectivity index (χ4v) is 3.02. The topological polar surface area (TPSA) is 81.7 Å². The van der Waals surface area contributed by atoms with E-state index in [0.29, 0.717) is 16.1 Å². The molecular formula is C19H16ClNO5. The maximum absolute atomic E-state index is 12.8. The fraction of sp³-hybridized carbons (Fsp3) is 0.211. The molecule has 0 unspecified atom stereocenters. The summed E-state index contributed by atoms with van der Waals surface area (Å²) in [6.45, 7) is 1.52. The van der Waals surface area contributed by atoms with Crippen LogP contribution in [0.1, 0.15) is 33.2 Å². The molecule has 2 aromatic carbocycles. The van der Waals surface area contributed by atoms with Crippen molar-refractivity contribution in [1.29, 1.82) is 0 Å². The zero-order valence-electron chi connectivity index (χ0n) is 14.2. The number of rotatable bonds is 3. The van der Waals surface area contributed by atoms with Gasteiger partial charge in [-0.05, 0) is 42.8 Å². The van der Waals surface area contributed by atoms with Gasteiger partial charge in [-0.2, -0.15) is 0 Å². The third kappa shape index (κ3) is 3.28. The Hall–Kier alpha value is -2.86. The Morgan fingerprint density at radius 1 is 1.23 bits per heavy atom. The molecule has 6 nitrogen and oxygen atoms in total. The van der Waals surface area contributed by atoms with E-state index >= 15 is 0 Å². The highest BCUT2D eigenvalue weighted by atomic mass is 35.5. The second kappa shape index (κ2) is 6.80. The molecule has 1 amide bonds. The average Bonchev–Trinajstić information content (AvgIpc) is 2.61. The zero-order chi connectivity index (χ0) is 18.9. The van der Waals surface area contributed by atoms with Gasteiger partial charge in [-0.15, -0.1) is 0 Å². The Labute approximate surface area is 155 Å². The van der Waals surface area contributed by atoms with E-state index in [4.69, 9.17) is 21.1 Å². The van der Waals surface area contributed by atoms with Gasteiger partial charge in [0.2, 0.25) is 0 Å². The quantitative estimate of drug-likeness (QED) is 0.835. The third-order valence-corrected chi connectivity index (χ3v) is 4.43. The largest absolute Gasteiger partial charge is 0.465 e. The Morgan fingerprint density at radius 2 is 1.96 bits per heavy atom. The highest BCUT2D eigenvalue weighted by Crippen LogP contribution is 2.31. The van der Waals surface area contributed by atoms with Gasteiger partial charge in [0.05, 0.1) is 23.9 Å². The van der Waals surface area contributed by atoms with Crippen molar-refractivity contribution in [3.05, 3.63) is 64.2 Å². The van der Waals surface area contributed by atoms with Crippen molar-refractivity contribution in [2.24, 2.45) is 0 Å². The Morgan fingerprint density at radius 3 is 2.69 bits per heavy atom. The molecule has 7 heteroatoms. The number of para-hydroxylation sites is 1. The Bertz CT molecular complexity index is 911. The van der Waals surface area contributed by atoms with E-state index in [9.17, 15) is 14.4 Å². The van der Waals surface area contributed by atoms with Crippen LogP contribution in [-0.2, 0) is 20.7 Å². The summed E-state index contributed by atoms with van der Waals surface area (Å²) in [6, 6.07) is 11.2. The maximum atomic E-state index is 12.8. The van der Waals surface area contributed by atoms with Crippen LogP contribution in [0.2, 0.25) is 5.02 Å². The minimum atomic E-state index is -1.43. The predicted molar refractivity (Wildman–Crippen MR) is 95.4 cm³/mol. The van der Waals surface area contributed by atoms with Crippen LogP contribution in [0.5, 0.6) is 0 Å². The van der Waals surface area contributed by atoms with Gasteiger partial charge >= 0.3 is 11.9 Å². The minimum Gasteiger partial charge on any atom is -0.465 e. The molecule has 0 radical (unpaired) electrons. The highest BCUT2D eigenvalue weighted by molar-refractivity contribution is 6.30. The van der Waals surface area contributed by atoms with Gasteiger partial charge in [0, 0.05) is 11.4 Å². The van der Waals surface area contributed by atoms with Crippen molar-refractivity contribution in [3.63, 3.8) is 0 Å². The molecule has 0 aromatic heterocycles. The molecule has 2 aromatic rings. The number of ether oxygens (including phenoxy) is 2. The van der Waals surface area contributed by atoms with Crippen LogP contribution in [-0.4, -0.2) is 30.6 Å². The molecule has 0 fully saturated rings. The van der Waals surface area contributed by atoms with Crippen LogP contribution >= 0.6 is 11.6 Å². The standard InChI is InChI=1S/C19H16ClNO5/c1-19(10-11-9-12(20)7-8-13(11)17(23)26-19)18(24)21-15-6-4-3-5-14(15)16(22)25-2/h3-9H,10H2,1-2H3,(H,21,24)/t19-/m1/s1. The number of carbonyl (C=O) groups excluding carboxylic acids is 3. The number of hydrogen-bond acceptors (Lipinski definition) is 5. The summed E-state index contributed by atoms with van der Waals surface area (Å²) in [6.07, 6.45) is 0.168. The summed E-state index contributed by atoms with van der Waals surface area (Å²) in [5.41, 5.74) is 0.0659. The summed E-state index contributed by atoms with van der Waals surface area (Å²) in [7, 11) is 1.26. The van der Waals surface area contributed by atoms with Gasteiger partial charge in [-0.25, -0.2) is 9.59 Å². The van der Waals surface area contributed by atoms with Crippen LogP contribution in [0.25, 0.3) is 0 Å². The summed E-state index contributed by atoms with van der Waals surface area (Å²) in [4.78, 5) is 36.9. The first-order valence-corrected chi connectivity index (χ1v) is 8.22. The van der Waals surface area contributed by atoms with Crippen LogP contribution < -0.4 is 5.32 Å². The van der Waals surface area contributed by atoms with E-state index in [1.807, 2.05) is 0 Å². The maximum Gasteiger partial charge on any atom is 0.339 e. The van der Waals surface area contributed by atoms with Gasteiger partial charge in [0.15, 0.2) is 5.60 Å². The predicted octanol–water partition coefficient (Wildman–Crippen LogP) is 3.24. The number of halogens is 1. The van der Waals surface area contributed by atoms with E-state index < -0.39 is 23.4 Å². The molecule has 0 bridgehead atoms. The number of cyclic esters (lactones) is 1. The van der Waals surface area contributed by atoms with Gasteiger partial charge < -0.3 is 14.8 Å². The molecule has 1 atom stereocenters. The molecule has 0 spiro atoms. The molecule has 0 aliphatic carbocycles. The molecule has 0 saturated carbocycles. The normalized spacial score (nSPS) is 18.5. The van der Waals surface area contributed by atoms with Gasteiger partial charge in [-0.1, -0.05) is 23.7 Å². The molecular weight excluding hydrogens is 358 g/mol. The summed E-state index contributed by atoms with van der Waals surface area (Å²) in [5.74, 6) is -1.72. The fourth-order valence-electron chi connectivity index (χ4n) is 2.83. The van der Waals surface area contributed by atoms with E-state index in [2.05, 4.69) is 5.32 Å². The SMILES string of the molecule is COC(=O)c1ccccc1NC(=O)[C@@]1(C)Cc2cc(Cl)ccc2C(=O)O1. The van der Waals surface area contributed by atoms with E-state index in [1.165, 1.54) is 20.1 Å². The number of esters is 2. The van der Waals surface area contributed by atoms with Crippen molar-refractivity contribution < 1.29 is 23.9 Å². The number of carbonyl (C=O) groups is 3. The van der Waals surface area contributed by atoms with Crippen LogP contribution in [0.4, 0.5) is 5.69 Å². The number of methoxy groups -OCH3 is 1. The lowest BCUT2D eigenvalue weighted by atomic mass is 9.89. The van der Waals surface area contributed by atoms with E-state index in [-0.39, 0.29) is 17.7 Å². The number of nitrogens with one attached hydrogen (secondary N) is 1. The van der Waals surface area contributed by atoms with Crippen molar-refractivity contribution in [2.45, 2.75) is 18.9 Å². The number of benzene rings is 2. The molecule has 26 heavy (non-hydrogen) atoms. The molecule has 134 valence electrons. The molecule has 1 aliphatic rings. The summed E-state index contributed by atoms with van der Waals surface area (Å²) >= 11 is 5.99. The first-order valence-electron chi connectivity index (χ1n) is 7.84. The van der Waals surface area contributed by atoms with Gasteiger partial charge in [0.25, 0.3) is 5.91 Å². The van der Waals surface area contributed by atoms with Crippen LogP contribution in [0.15, 0.2) is 42.5 Å². The van der Waals surface area contributed by atoms with Crippen molar-refractivity contribution in [1.82, 2.24) is 0 Å². The Balaban J connectivity index is 1.89. The lowest BCUT2D eigenvalue weighted by Crippen LogP contribution is -2.49. The van der Waals surface area contributed by atoms with Crippen molar-refractivity contribution in [3.8, 4) is 0 Å². The van der Waals surface area contributed by atoms with Crippen molar-refractivity contribution >= 4 is 35.1 Å². The third-order valence-electron chi connectivity index (χ3n) is 4.19. The molecule has 1 N–H and O–H groups in total. The second-order valence-electron chi connectivity index (χ2n) is 6.09. The first-order chi connectivity index (χ1) is 12.3. The molecule has 1 aliphatic heterocycles. The molecule has 1 heterocycles. The summed E-state index contributed by atoms with van der Waals surface area (Å²) < 4.78 is 10.1. The molecule has 3 rings (SSSR count). The first kappa shape index (κ1) is 17.9. The van der Waals surface area contributed by atoms with Gasteiger partial charge in [0.1, 0.15) is 0 Å². The summed E-state index contributed by atoms with van der Waals surface area (Å²) in [5, 5.41) is 3.12. The smallest absolute Gasteiger partial charge is 0.339 e. The lowest BCUT2D eigenvalue weighted by Gasteiger charge is -2.33. The average molecular weight is 374 g/mol. The van der Waals surface area contributed by atoms with Crippen molar-refractivity contribution in [2.75, 3.05) is 12.4 Å². The second-order valence-corrected chi connectivity index (χ2v) is 6.53. The number of anilines is 1. The number of amides is 1. The monoisotopic (exact) mass is 373 g/mol. The minimum absolute atomic E-state index is 0.168. The molecule has 0 saturated heterocycles. The number of hydrogen-bond donors (Lipinski definition) is 1. The number of fused-ring (bicyclic) bond motifs is 1. The lowest BCUT2D eigenvalue weighted by molar-refractivity contribution is -0.134. The zero-order valence-corrected chi connectivity index (χ0v) is 14.9.